The number of piperazine rings is 1. The highest BCUT2D eigenvalue weighted by Crippen LogP contribution is 2.03. The zero-order chi connectivity index (χ0) is 13.0. The van der Waals surface area contributed by atoms with E-state index in [1.165, 1.54) is 4.90 Å². The maximum Gasteiger partial charge on any atom is 0.326 e. The number of carboxylic acid groups (broad SMARTS) is 1. The molecule has 1 rings (SSSR count). The number of amides is 3. The molecule has 0 spiro atoms. The molecule has 1 aliphatic heterocycles. The van der Waals surface area contributed by atoms with E-state index in [1.54, 1.807) is 13.8 Å². The van der Waals surface area contributed by atoms with Crippen molar-refractivity contribution in [1.82, 2.24) is 15.5 Å². The van der Waals surface area contributed by atoms with E-state index < -0.39 is 18.0 Å². The Balaban J connectivity index is 2.57. The Labute approximate surface area is 99.2 Å². The zero-order valence-electron chi connectivity index (χ0n) is 9.90. The lowest BCUT2D eigenvalue weighted by Gasteiger charge is -2.29. The maximum absolute atomic E-state index is 11.7. The lowest BCUT2D eigenvalue weighted by Crippen LogP contribution is -2.56. The van der Waals surface area contributed by atoms with Crippen LogP contribution < -0.4 is 10.6 Å². The average Bonchev–Trinajstić information content (AvgIpc) is 2.24. The predicted octanol–water partition coefficient (Wildman–Crippen LogP) is -0.763. The van der Waals surface area contributed by atoms with Crippen LogP contribution >= 0.6 is 0 Å². The molecule has 0 aromatic heterocycles. The van der Waals surface area contributed by atoms with Gasteiger partial charge < -0.3 is 20.6 Å². The van der Waals surface area contributed by atoms with Gasteiger partial charge in [0, 0.05) is 13.1 Å². The summed E-state index contributed by atoms with van der Waals surface area (Å²) in [5.74, 6) is -1.52. The van der Waals surface area contributed by atoms with E-state index in [0.29, 0.717) is 13.1 Å². The summed E-state index contributed by atoms with van der Waals surface area (Å²) in [4.78, 5) is 35.0. The van der Waals surface area contributed by atoms with E-state index in [-0.39, 0.29) is 18.4 Å². The standard InChI is InChI=1S/C10H17N3O4/c1-6(2)8(9(15)16)12-10(17)13-4-3-11-7(14)5-13/h6,8H,3-5H2,1-2H3,(H,11,14)(H,12,17)(H,15,16)/t8-/m1/s1. The van der Waals surface area contributed by atoms with E-state index in [2.05, 4.69) is 10.6 Å². The lowest BCUT2D eigenvalue weighted by molar-refractivity contribution is -0.140. The molecular formula is C10H17N3O4. The Hall–Kier alpha value is -1.79. The Bertz CT molecular complexity index is 330. The molecule has 0 saturated carbocycles. The minimum atomic E-state index is -1.07. The molecule has 0 aromatic rings. The molecule has 17 heavy (non-hydrogen) atoms. The van der Waals surface area contributed by atoms with Crippen LogP contribution in [-0.2, 0) is 9.59 Å². The van der Waals surface area contributed by atoms with Crippen LogP contribution in [0.3, 0.4) is 0 Å². The molecule has 1 aliphatic rings. The molecule has 0 aromatic carbocycles. The van der Waals surface area contributed by atoms with Crippen LogP contribution in [0.4, 0.5) is 4.79 Å². The zero-order valence-corrected chi connectivity index (χ0v) is 9.90. The van der Waals surface area contributed by atoms with Crippen LogP contribution in [0.1, 0.15) is 13.8 Å². The number of hydrogen-bond acceptors (Lipinski definition) is 3. The number of rotatable bonds is 3. The summed E-state index contributed by atoms with van der Waals surface area (Å²) in [5, 5.41) is 13.9. The highest BCUT2D eigenvalue weighted by Gasteiger charge is 2.27. The molecule has 1 heterocycles. The summed E-state index contributed by atoms with van der Waals surface area (Å²) < 4.78 is 0. The first kappa shape index (κ1) is 13.3. The highest BCUT2D eigenvalue weighted by molar-refractivity contribution is 5.87. The third-order valence-corrected chi connectivity index (χ3v) is 2.54. The van der Waals surface area contributed by atoms with E-state index >= 15 is 0 Å². The summed E-state index contributed by atoms with van der Waals surface area (Å²) in [7, 11) is 0. The third-order valence-electron chi connectivity index (χ3n) is 2.54. The number of aliphatic carboxylic acids is 1. The normalized spacial score (nSPS) is 17.6. The molecule has 0 aliphatic carbocycles. The second-order valence-electron chi connectivity index (χ2n) is 4.28. The van der Waals surface area contributed by atoms with Gasteiger partial charge in [0.25, 0.3) is 0 Å². The number of hydrogen-bond donors (Lipinski definition) is 3. The quantitative estimate of drug-likeness (QED) is 0.606. The van der Waals surface area contributed by atoms with Crippen LogP contribution in [-0.4, -0.2) is 53.6 Å². The molecule has 0 bridgehead atoms. The van der Waals surface area contributed by atoms with Gasteiger partial charge in [0.15, 0.2) is 0 Å². The van der Waals surface area contributed by atoms with Crippen molar-refractivity contribution in [2.24, 2.45) is 5.92 Å². The molecule has 1 fully saturated rings. The maximum atomic E-state index is 11.7. The number of nitrogens with one attached hydrogen (secondary N) is 2. The number of carbonyl (C=O) groups is 3. The van der Waals surface area contributed by atoms with Crippen LogP contribution in [0.15, 0.2) is 0 Å². The summed E-state index contributed by atoms with van der Waals surface area (Å²) in [6.45, 7) is 4.17. The third kappa shape index (κ3) is 3.61. The molecule has 3 amide bonds. The van der Waals surface area contributed by atoms with Crippen molar-refractivity contribution >= 4 is 17.9 Å². The summed E-state index contributed by atoms with van der Waals surface area (Å²) in [6.07, 6.45) is 0. The Morgan fingerprint density at radius 2 is 2.12 bits per heavy atom. The smallest absolute Gasteiger partial charge is 0.326 e. The predicted molar refractivity (Wildman–Crippen MR) is 59.4 cm³/mol. The van der Waals surface area contributed by atoms with Crippen molar-refractivity contribution in [2.45, 2.75) is 19.9 Å². The monoisotopic (exact) mass is 243 g/mol. The van der Waals surface area contributed by atoms with E-state index in [0.717, 1.165) is 0 Å². The molecule has 1 atom stereocenters. The van der Waals surface area contributed by atoms with Crippen molar-refractivity contribution in [3.8, 4) is 0 Å². The SMILES string of the molecule is CC(C)[C@@H](NC(=O)N1CCNC(=O)C1)C(=O)O. The number of carboxylic acids is 1. The molecule has 7 heteroatoms. The fourth-order valence-electron chi connectivity index (χ4n) is 1.55. The molecule has 3 N–H and O–H groups in total. The van der Waals surface area contributed by atoms with Gasteiger partial charge in [-0.2, -0.15) is 0 Å². The molecule has 96 valence electrons. The van der Waals surface area contributed by atoms with E-state index in [9.17, 15) is 14.4 Å². The Kier molecular flexibility index (Phi) is 4.30. The number of urea groups is 1. The Morgan fingerprint density at radius 1 is 1.47 bits per heavy atom. The molecule has 0 radical (unpaired) electrons. The summed E-state index contributed by atoms with van der Waals surface area (Å²) >= 11 is 0. The molecule has 1 saturated heterocycles. The van der Waals surface area contributed by atoms with Gasteiger partial charge >= 0.3 is 12.0 Å². The molecule has 0 unspecified atom stereocenters. The van der Waals surface area contributed by atoms with E-state index in [4.69, 9.17) is 5.11 Å². The fraction of sp³-hybridized carbons (Fsp3) is 0.700. The minimum absolute atomic E-state index is 0.0315. The topological polar surface area (TPSA) is 98.7 Å². The van der Waals surface area contributed by atoms with Gasteiger partial charge in [0.1, 0.15) is 12.6 Å². The first-order valence-corrected chi connectivity index (χ1v) is 5.46. The van der Waals surface area contributed by atoms with Gasteiger partial charge in [-0.25, -0.2) is 9.59 Å². The van der Waals surface area contributed by atoms with Crippen molar-refractivity contribution in [3.05, 3.63) is 0 Å². The average molecular weight is 243 g/mol. The van der Waals surface area contributed by atoms with E-state index in [1.807, 2.05) is 0 Å². The van der Waals surface area contributed by atoms with Gasteiger partial charge in [0.05, 0.1) is 0 Å². The van der Waals surface area contributed by atoms with Crippen molar-refractivity contribution < 1.29 is 19.5 Å². The fourth-order valence-corrected chi connectivity index (χ4v) is 1.55. The number of nitrogens with zero attached hydrogens (tertiary/aromatic N) is 1. The molecular weight excluding hydrogens is 226 g/mol. The lowest BCUT2D eigenvalue weighted by atomic mass is 10.1. The van der Waals surface area contributed by atoms with Gasteiger partial charge in [-0.05, 0) is 5.92 Å². The van der Waals surface area contributed by atoms with Crippen molar-refractivity contribution in [1.29, 1.82) is 0 Å². The van der Waals surface area contributed by atoms with Crippen LogP contribution in [0.25, 0.3) is 0 Å². The summed E-state index contributed by atoms with van der Waals surface area (Å²) in [5.41, 5.74) is 0. The largest absolute Gasteiger partial charge is 0.480 e. The van der Waals surface area contributed by atoms with Crippen LogP contribution in [0, 0.1) is 5.92 Å². The van der Waals surface area contributed by atoms with Gasteiger partial charge in [-0.15, -0.1) is 0 Å². The van der Waals surface area contributed by atoms with Gasteiger partial charge in [-0.3, -0.25) is 4.79 Å². The van der Waals surface area contributed by atoms with Crippen LogP contribution in [0.5, 0.6) is 0 Å². The second-order valence-corrected chi connectivity index (χ2v) is 4.28. The van der Waals surface area contributed by atoms with Gasteiger partial charge in [-0.1, -0.05) is 13.8 Å². The van der Waals surface area contributed by atoms with Gasteiger partial charge in [0.2, 0.25) is 5.91 Å². The first-order valence-electron chi connectivity index (χ1n) is 5.46. The molecule has 7 nitrogen and oxygen atoms in total. The minimum Gasteiger partial charge on any atom is -0.480 e. The summed E-state index contributed by atoms with van der Waals surface area (Å²) in [6, 6.07) is -1.45. The van der Waals surface area contributed by atoms with Crippen molar-refractivity contribution in [3.63, 3.8) is 0 Å². The highest BCUT2D eigenvalue weighted by atomic mass is 16.4. The second kappa shape index (κ2) is 5.51. The first-order chi connectivity index (χ1) is 7.91. The number of carbonyl (C=O) groups excluding carboxylic acids is 2. The van der Waals surface area contributed by atoms with Crippen LogP contribution in [0.2, 0.25) is 0 Å². The van der Waals surface area contributed by atoms with Crippen molar-refractivity contribution in [2.75, 3.05) is 19.6 Å². The Morgan fingerprint density at radius 3 is 2.59 bits per heavy atom.